The van der Waals surface area contributed by atoms with Gasteiger partial charge in [-0.15, -0.1) is 0 Å². The summed E-state index contributed by atoms with van der Waals surface area (Å²) in [7, 11) is 0. The molecule has 0 amide bonds. The average molecular weight is 413 g/mol. The van der Waals surface area contributed by atoms with Gasteiger partial charge in [-0.05, 0) is 53.6 Å². The zero-order valence-electron chi connectivity index (χ0n) is 18.7. The van der Waals surface area contributed by atoms with E-state index in [2.05, 4.69) is 105 Å². The van der Waals surface area contributed by atoms with E-state index in [1.165, 1.54) is 38.5 Å². The second-order valence-electron chi connectivity index (χ2n) is 8.27. The summed E-state index contributed by atoms with van der Waals surface area (Å²) in [5.41, 5.74) is 7.63. The Hall–Kier alpha value is -2.34. The normalized spacial score (nSPS) is 11.2. The van der Waals surface area contributed by atoms with E-state index >= 15 is 0 Å². The minimum atomic E-state index is -1.05. The van der Waals surface area contributed by atoms with Gasteiger partial charge in [0.05, 0.1) is 5.69 Å². The van der Waals surface area contributed by atoms with Crippen LogP contribution in [-0.2, 0) is 6.42 Å². The lowest BCUT2D eigenvalue weighted by molar-refractivity contribution is 0.867. The maximum atomic E-state index is 4.86. The van der Waals surface area contributed by atoms with Gasteiger partial charge in [0.2, 0.25) is 0 Å². The lowest BCUT2D eigenvalue weighted by Crippen LogP contribution is -2.24. The van der Waals surface area contributed by atoms with E-state index in [9.17, 15) is 0 Å². The van der Waals surface area contributed by atoms with Crippen LogP contribution in [0.25, 0.3) is 0 Å². The Kier molecular flexibility index (Phi) is 8.32. The number of anilines is 1. The summed E-state index contributed by atoms with van der Waals surface area (Å²) < 4.78 is 3.87. The monoisotopic (exact) mass is 412 g/mol. The number of nitrogens with one attached hydrogen (secondary N) is 1. The van der Waals surface area contributed by atoms with Crippen molar-refractivity contribution in [3.8, 4) is 0 Å². The highest BCUT2D eigenvalue weighted by Gasteiger charge is 2.17. The molecule has 0 spiro atoms. The molecule has 0 aliphatic carbocycles. The summed E-state index contributed by atoms with van der Waals surface area (Å²) in [6.45, 7) is 8.95. The lowest BCUT2D eigenvalue weighted by atomic mass is 10.0. The highest BCUT2D eigenvalue weighted by atomic mass is 27.2. The number of aliphatic imine (C=N–C) groups is 1. The molecule has 0 aromatic heterocycles. The molecule has 154 valence electrons. The molecular formula is C27H33AlN2. The first-order valence-corrected chi connectivity index (χ1v) is 13.3. The molecule has 3 heteroatoms. The van der Waals surface area contributed by atoms with Crippen molar-refractivity contribution in [2.24, 2.45) is 4.99 Å². The van der Waals surface area contributed by atoms with Crippen LogP contribution in [0, 0.1) is 6.92 Å². The third-order valence-corrected chi connectivity index (χ3v) is 8.41. The molecule has 0 fully saturated rings. The fourth-order valence-electron chi connectivity index (χ4n) is 3.78. The van der Waals surface area contributed by atoms with Crippen molar-refractivity contribution in [2.75, 3.05) is 4.30 Å². The SMILES string of the molecule is C[CH2][Al]([CH2]Cc1ccccc1C=Nc1ccccc1C(C)C)[NH]c1ccccc1C. The van der Waals surface area contributed by atoms with Crippen LogP contribution in [0.15, 0.2) is 77.8 Å². The molecule has 0 atom stereocenters. The third-order valence-electron chi connectivity index (χ3n) is 5.72. The predicted octanol–water partition coefficient (Wildman–Crippen LogP) is 7.54. The number of rotatable bonds is 9. The summed E-state index contributed by atoms with van der Waals surface area (Å²) in [6, 6.07) is 25.8. The fourth-order valence-corrected chi connectivity index (χ4v) is 5.96. The van der Waals surface area contributed by atoms with Crippen LogP contribution in [0.4, 0.5) is 11.4 Å². The van der Waals surface area contributed by atoms with Crippen molar-refractivity contribution >= 4 is 32.0 Å². The van der Waals surface area contributed by atoms with Gasteiger partial charge >= 0.3 is 14.4 Å². The summed E-state index contributed by atoms with van der Waals surface area (Å²) in [5, 5.41) is 2.48. The zero-order chi connectivity index (χ0) is 21.3. The Morgan fingerprint density at radius 1 is 0.933 bits per heavy atom. The maximum absolute atomic E-state index is 4.86. The van der Waals surface area contributed by atoms with Crippen LogP contribution in [0.3, 0.4) is 0 Å². The van der Waals surface area contributed by atoms with Gasteiger partial charge in [-0.2, -0.15) is 0 Å². The number of hydrogen-bond acceptors (Lipinski definition) is 2. The lowest BCUT2D eigenvalue weighted by Gasteiger charge is -2.16. The van der Waals surface area contributed by atoms with Gasteiger partial charge in [-0.1, -0.05) is 92.0 Å². The molecule has 30 heavy (non-hydrogen) atoms. The van der Waals surface area contributed by atoms with E-state index < -0.39 is 14.4 Å². The molecule has 0 aliphatic heterocycles. The van der Waals surface area contributed by atoms with Crippen LogP contribution in [0.5, 0.6) is 0 Å². The maximum Gasteiger partial charge on any atom is 0.411 e. The number of aryl methyl sites for hydroxylation is 2. The van der Waals surface area contributed by atoms with Gasteiger partial charge in [0.15, 0.2) is 0 Å². The molecule has 0 aliphatic rings. The summed E-state index contributed by atoms with van der Waals surface area (Å²) in [4.78, 5) is 4.86. The highest BCUT2D eigenvalue weighted by molar-refractivity contribution is 6.62. The fraction of sp³-hybridized carbons (Fsp3) is 0.296. The number of para-hydroxylation sites is 2. The van der Waals surface area contributed by atoms with E-state index in [-0.39, 0.29) is 0 Å². The van der Waals surface area contributed by atoms with Crippen LogP contribution >= 0.6 is 0 Å². The Balaban J connectivity index is 1.72. The number of benzene rings is 3. The zero-order valence-corrected chi connectivity index (χ0v) is 19.9. The molecule has 3 rings (SSSR count). The van der Waals surface area contributed by atoms with E-state index in [0.29, 0.717) is 5.92 Å². The smallest absolute Gasteiger partial charge is 0.411 e. The van der Waals surface area contributed by atoms with E-state index in [1.54, 1.807) is 0 Å². The summed E-state index contributed by atoms with van der Waals surface area (Å²) in [6.07, 6.45) is 3.14. The number of hydrogen-bond donors (Lipinski definition) is 1. The van der Waals surface area contributed by atoms with E-state index in [4.69, 9.17) is 4.99 Å². The molecule has 1 N–H and O–H groups in total. The van der Waals surface area contributed by atoms with Crippen LogP contribution in [0.1, 0.15) is 48.9 Å². The van der Waals surface area contributed by atoms with Crippen molar-refractivity contribution < 1.29 is 0 Å². The molecule has 3 aromatic rings. The minimum Gasteiger partial charge on any atom is -0.476 e. The van der Waals surface area contributed by atoms with Crippen molar-refractivity contribution in [1.29, 1.82) is 0 Å². The van der Waals surface area contributed by atoms with Crippen molar-refractivity contribution in [2.45, 2.75) is 50.6 Å². The molecule has 0 heterocycles. The molecule has 0 saturated carbocycles. The predicted molar refractivity (Wildman–Crippen MR) is 134 cm³/mol. The van der Waals surface area contributed by atoms with Crippen molar-refractivity contribution in [3.63, 3.8) is 0 Å². The van der Waals surface area contributed by atoms with Gasteiger partial charge in [0.1, 0.15) is 0 Å². The molecule has 3 aromatic carbocycles. The van der Waals surface area contributed by atoms with Crippen LogP contribution < -0.4 is 4.30 Å². The van der Waals surface area contributed by atoms with E-state index in [1.807, 2.05) is 6.21 Å². The largest absolute Gasteiger partial charge is 0.476 e. The first kappa shape index (κ1) is 22.3. The van der Waals surface area contributed by atoms with Gasteiger partial charge in [-0.3, -0.25) is 4.99 Å². The summed E-state index contributed by atoms with van der Waals surface area (Å²) >= 11 is -1.05. The molecule has 2 nitrogen and oxygen atoms in total. The Morgan fingerprint density at radius 2 is 1.63 bits per heavy atom. The van der Waals surface area contributed by atoms with Crippen molar-refractivity contribution in [1.82, 2.24) is 0 Å². The molecule has 0 saturated heterocycles. The Bertz CT molecular complexity index is 978. The second-order valence-corrected chi connectivity index (χ2v) is 11.4. The summed E-state index contributed by atoms with van der Waals surface area (Å²) in [5.74, 6) is 0.470. The highest BCUT2D eigenvalue weighted by Crippen LogP contribution is 2.26. The van der Waals surface area contributed by atoms with Crippen molar-refractivity contribution in [3.05, 3.63) is 95.1 Å². The van der Waals surface area contributed by atoms with Gasteiger partial charge in [0.25, 0.3) is 0 Å². The third kappa shape index (κ3) is 6.08. The molecule has 0 unspecified atom stereocenters. The Morgan fingerprint density at radius 3 is 2.40 bits per heavy atom. The topological polar surface area (TPSA) is 24.4 Å². The first-order valence-electron chi connectivity index (χ1n) is 11.1. The first-order chi connectivity index (χ1) is 14.6. The average Bonchev–Trinajstić information content (AvgIpc) is 2.77. The quantitative estimate of drug-likeness (QED) is 0.285. The Labute approximate surface area is 186 Å². The van der Waals surface area contributed by atoms with Gasteiger partial charge in [-0.25, -0.2) is 0 Å². The second kappa shape index (κ2) is 11.2. The number of nitrogens with zero attached hydrogens (tertiary/aromatic N) is 1. The van der Waals surface area contributed by atoms with Gasteiger partial charge < -0.3 is 4.30 Å². The van der Waals surface area contributed by atoms with Crippen LogP contribution in [-0.4, -0.2) is 20.6 Å². The molecule has 0 bridgehead atoms. The molecule has 0 radical (unpaired) electrons. The minimum absolute atomic E-state index is 0.470. The van der Waals surface area contributed by atoms with Crippen LogP contribution in [0.2, 0.25) is 10.6 Å². The van der Waals surface area contributed by atoms with E-state index in [0.717, 1.165) is 12.1 Å². The van der Waals surface area contributed by atoms with Gasteiger partial charge in [0, 0.05) is 11.9 Å². The standard InChI is InChI=1S/C18H20N.C7H8N.C2H5.Al/c1-4-15-9-5-6-10-16(15)13-19-18-12-8-7-11-17(18)14(2)3;1-6-4-2-3-5-7(6)8;1-2;/h5-14H,1,4H2,2-3H3;2-5,8H,1H3;1H2,2H3;/q;-1;;+1. The molecular weight excluding hydrogens is 379 g/mol.